The van der Waals surface area contributed by atoms with Crippen LogP contribution in [0, 0.1) is 0 Å². The quantitative estimate of drug-likeness (QED) is 0.741. The molecule has 0 saturated heterocycles. The van der Waals surface area contributed by atoms with Crippen molar-refractivity contribution in [1.82, 2.24) is 0 Å². The van der Waals surface area contributed by atoms with Gasteiger partial charge in [-0.15, -0.1) is 0 Å². The van der Waals surface area contributed by atoms with Crippen LogP contribution in [0.3, 0.4) is 0 Å². The van der Waals surface area contributed by atoms with Crippen LogP contribution in [-0.4, -0.2) is 12.4 Å². The molecule has 0 aliphatic rings. The van der Waals surface area contributed by atoms with E-state index in [2.05, 4.69) is 0 Å². The van der Waals surface area contributed by atoms with Gasteiger partial charge in [-0.25, -0.2) is 0 Å². The molecule has 3 nitrogen and oxygen atoms in total. The van der Waals surface area contributed by atoms with E-state index in [1.165, 1.54) is 0 Å². The molecule has 0 fully saturated rings. The number of hydrogen-bond donors (Lipinski definition) is 0. The van der Waals surface area contributed by atoms with E-state index in [1.54, 1.807) is 30.5 Å². The predicted molar refractivity (Wildman–Crippen MR) is 64.4 cm³/mol. The number of furan rings is 1. The number of Topliss-reactive ketones (excluding diaryl/α,β-unsaturated/α-hetero) is 1. The minimum absolute atomic E-state index is 0.0292. The summed E-state index contributed by atoms with van der Waals surface area (Å²) >= 11 is 0. The van der Waals surface area contributed by atoms with E-state index in [4.69, 9.17) is 9.15 Å². The third-order valence-electron chi connectivity index (χ3n) is 2.38. The molecule has 88 valence electrons. The summed E-state index contributed by atoms with van der Waals surface area (Å²) < 4.78 is 10.5. The number of carbonyl (C=O) groups is 1. The minimum atomic E-state index is 0.0292. The molecule has 3 heteroatoms. The van der Waals surface area contributed by atoms with Gasteiger partial charge in [0.1, 0.15) is 11.5 Å². The lowest BCUT2D eigenvalue weighted by atomic mass is 10.1. The second-order valence-corrected chi connectivity index (χ2v) is 3.64. The van der Waals surface area contributed by atoms with Crippen molar-refractivity contribution in [2.24, 2.45) is 0 Å². The topological polar surface area (TPSA) is 39.4 Å². The highest BCUT2D eigenvalue weighted by atomic mass is 16.5. The van der Waals surface area contributed by atoms with Crippen molar-refractivity contribution in [3.8, 4) is 5.75 Å². The van der Waals surface area contributed by atoms with Crippen molar-refractivity contribution < 1.29 is 13.9 Å². The van der Waals surface area contributed by atoms with Crippen LogP contribution in [0.25, 0.3) is 0 Å². The van der Waals surface area contributed by atoms with E-state index in [0.29, 0.717) is 17.9 Å². The number of ketones is 1. The molecule has 0 unspecified atom stereocenters. The van der Waals surface area contributed by atoms with Crippen LogP contribution >= 0.6 is 0 Å². The Morgan fingerprint density at radius 2 is 2.18 bits per heavy atom. The summed E-state index contributed by atoms with van der Waals surface area (Å²) in [6.45, 7) is 2.51. The van der Waals surface area contributed by atoms with Gasteiger partial charge in [0, 0.05) is 5.56 Å². The van der Waals surface area contributed by atoms with Crippen molar-refractivity contribution in [3.05, 3.63) is 54.0 Å². The van der Waals surface area contributed by atoms with E-state index in [9.17, 15) is 4.79 Å². The molecule has 0 radical (unpaired) electrons. The average molecular weight is 230 g/mol. The van der Waals surface area contributed by atoms with Gasteiger partial charge in [0.2, 0.25) is 0 Å². The molecule has 0 aliphatic carbocycles. The smallest absolute Gasteiger partial charge is 0.170 e. The number of rotatable bonds is 5. The highest BCUT2D eigenvalue weighted by Gasteiger charge is 2.09. The van der Waals surface area contributed by atoms with Gasteiger partial charge in [-0.3, -0.25) is 4.79 Å². The average Bonchev–Trinajstić information content (AvgIpc) is 2.83. The van der Waals surface area contributed by atoms with Crippen molar-refractivity contribution in [3.63, 3.8) is 0 Å². The second-order valence-electron chi connectivity index (χ2n) is 3.64. The molecule has 17 heavy (non-hydrogen) atoms. The number of ether oxygens (including phenoxy) is 1. The van der Waals surface area contributed by atoms with Crippen LogP contribution in [-0.2, 0) is 6.42 Å². The highest BCUT2D eigenvalue weighted by molar-refractivity contribution is 5.97. The lowest BCUT2D eigenvalue weighted by molar-refractivity contribution is 0.0986. The van der Waals surface area contributed by atoms with Gasteiger partial charge < -0.3 is 9.15 Å². The molecule has 2 aromatic rings. The van der Waals surface area contributed by atoms with Crippen molar-refractivity contribution in [2.75, 3.05) is 6.61 Å². The summed E-state index contributed by atoms with van der Waals surface area (Å²) in [6, 6.07) is 10.8. The van der Waals surface area contributed by atoms with Crippen molar-refractivity contribution >= 4 is 5.78 Å². The maximum Gasteiger partial charge on any atom is 0.170 e. The van der Waals surface area contributed by atoms with Gasteiger partial charge in [0.05, 0.1) is 19.3 Å². The third kappa shape index (κ3) is 2.97. The molecule has 0 saturated carbocycles. The number of hydrogen-bond acceptors (Lipinski definition) is 3. The maximum absolute atomic E-state index is 12.0. The van der Waals surface area contributed by atoms with Crippen LogP contribution < -0.4 is 4.74 Å². The van der Waals surface area contributed by atoms with Crippen LogP contribution in [0.15, 0.2) is 47.1 Å². The first-order chi connectivity index (χ1) is 8.29. The molecule has 2 rings (SSSR count). The predicted octanol–water partition coefficient (Wildman–Crippen LogP) is 3.10. The highest BCUT2D eigenvalue weighted by Crippen LogP contribution is 2.15. The fraction of sp³-hybridized carbons (Fsp3) is 0.214. The van der Waals surface area contributed by atoms with E-state index in [0.717, 1.165) is 5.75 Å². The molecule has 0 aliphatic heterocycles. The Balaban J connectivity index is 2.11. The Labute approximate surface area is 100 Å². The van der Waals surface area contributed by atoms with Crippen LogP contribution in [0.2, 0.25) is 0 Å². The van der Waals surface area contributed by atoms with Crippen LogP contribution in [0.5, 0.6) is 5.75 Å². The second kappa shape index (κ2) is 5.34. The summed E-state index contributed by atoms with van der Waals surface area (Å²) in [7, 11) is 0. The first-order valence-corrected chi connectivity index (χ1v) is 5.58. The van der Waals surface area contributed by atoms with Gasteiger partial charge >= 0.3 is 0 Å². The maximum atomic E-state index is 12.0. The molecular formula is C14H14O3. The Morgan fingerprint density at radius 1 is 1.29 bits per heavy atom. The third-order valence-corrected chi connectivity index (χ3v) is 2.38. The standard InChI is InChI=1S/C14H14O3/c1-2-16-12-6-3-5-11(9-12)14(15)10-13-7-4-8-17-13/h3-9H,2,10H2,1H3. The molecule has 1 aromatic carbocycles. The first kappa shape index (κ1) is 11.5. The molecule has 0 amide bonds. The van der Waals surface area contributed by atoms with Gasteiger partial charge in [-0.2, -0.15) is 0 Å². The molecule has 0 bridgehead atoms. The summed E-state index contributed by atoms with van der Waals surface area (Å²) in [5, 5.41) is 0. The zero-order chi connectivity index (χ0) is 12.1. The first-order valence-electron chi connectivity index (χ1n) is 5.58. The lowest BCUT2D eigenvalue weighted by Crippen LogP contribution is -2.03. The molecule has 1 aromatic heterocycles. The van der Waals surface area contributed by atoms with Crippen molar-refractivity contribution in [2.45, 2.75) is 13.3 Å². The number of carbonyl (C=O) groups excluding carboxylic acids is 1. The van der Waals surface area contributed by atoms with Gasteiger partial charge in [0.15, 0.2) is 5.78 Å². The van der Waals surface area contributed by atoms with Gasteiger partial charge in [0.25, 0.3) is 0 Å². The van der Waals surface area contributed by atoms with Crippen molar-refractivity contribution in [1.29, 1.82) is 0 Å². The van der Waals surface area contributed by atoms with Gasteiger partial charge in [-0.1, -0.05) is 12.1 Å². The fourth-order valence-electron chi connectivity index (χ4n) is 1.60. The zero-order valence-electron chi connectivity index (χ0n) is 9.68. The molecular weight excluding hydrogens is 216 g/mol. The van der Waals surface area contributed by atoms with E-state index >= 15 is 0 Å². The zero-order valence-corrected chi connectivity index (χ0v) is 9.68. The Hall–Kier alpha value is -2.03. The Morgan fingerprint density at radius 3 is 2.88 bits per heavy atom. The summed E-state index contributed by atoms with van der Waals surface area (Å²) in [5.74, 6) is 1.43. The summed E-state index contributed by atoms with van der Waals surface area (Å²) in [6.07, 6.45) is 1.85. The van der Waals surface area contributed by atoms with Crippen LogP contribution in [0.1, 0.15) is 23.0 Å². The molecule has 0 atom stereocenters. The SMILES string of the molecule is CCOc1cccc(C(=O)Cc2ccco2)c1. The minimum Gasteiger partial charge on any atom is -0.494 e. The van der Waals surface area contributed by atoms with E-state index in [-0.39, 0.29) is 12.2 Å². The normalized spacial score (nSPS) is 10.2. The van der Waals surface area contributed by atoms with Crippen LogP contribution in [0.4, 0.5) is 0 Å². The fourth-order valence-corrected chi connectivity index (χ4v) is 1.60. The molecule has 1 heterocycles. The summed E-state index contributed by atoms with van der Waals surface area (Å²) in [5.41, 5.74) is 0.646. The lowest BCUT2D eigenvalue weighted by Gasteiger charge is -2.04. The van der Waals surface area contributed by atoms with E-state index < -0.39 is 0 Å². The Bertz CT molecular complexity index is 486. The Kier molecular flexibility index (Phi) is 3.60. The number of benzene rings is 1. The van der Waals surface area contributed by atoms with Gasteiger partial charge in [-0.05, 0) is 31.2 Å². The monoisotopic (exact) mass is 230 g/mol. The molecule has 0 N–H and O–H groups in total. The summed E-state index contributed by atoms with van der Waals surface area (Å²) in [4.78, 5) is 12.0. The molecule has 0 spiro atoms. The van der Waals surface area contributed by atoms with E-state index in [1.807, 2.05) is 19.1 Å². The largest absolute Gasteiger partial charge is 0.494 e.